The van der Waals surface area contributed by atoms with Crippen LogP contribution < -0.4 is 16.0 Å². The average molecular weight is 283 g/mol. The first kappa shape index (κ1) is 16.9. The topological polar surface area (TPSA) is 68.3 Å². The molecular formula is C14H29N5O. The van der Waals surface area contributed by atoms with E-state index in [1.807, 2.05) is 4.68 Å². The molecule has 116 valence electrons. The van der Waals surface area contributed by atoms with Crippen LogP contribution in [0, 0.1) is 5.41 Å². The molecular weight excluding hydrogens is 254 g/mol. The van der Waals surface area contributed by atoms with Crippen molar-refractivity contribution < 1.29 is 4.74 Å². The second-order valence-electron chi connectivity index (χ2n) is 6.07. The van der Waals surface area contributed by atoms with Gasteiger partial charge in [0.25, 0.3) is 0 Å². The van der Waals surface area contributed by atoms with Gasteiger partial charge in [-0.05, 0) is 25.9 Å². The number of rotatable bonds is 8. The number of hydrogen-bond acceptors (Lipinski definition) is 5. The zero-order chi connectivity index (χ0) is 15.3. The van der Waals surface area contributed by atoms with Crippen LogP contribution in [0.25, 0.3) is 0 Å². The molecule has 0 saturated carbocycles. The Hall–Kier alpha value is -1.11. The van der Waals surface area contributed by atoms with Crippen molar-refractivity contribution in [1.29, 1.82) is 0 Å². The molecule has 1 aromatic rings. The fourth-order valence-corrected chi connectivity index (χ4v) is 2.18. The number of likely N-dealkylation sites (N-methyl/N-ethyl adjacent to an activating group) is 1. The van der Waals surface area contributed by atoms with Crippen molar-refractivity contribution in [2.24, 2.45) is 11.3 Å². The number of methoxy groups -OCH3 is 1. The van der Waals surface area contributed by atoms with Crippen LogP contribution in [-0.4, -0.2) is 42.4 Å². The van der Waals surface area contributed by atoms with E-state index >= 15 is 0 Å². The summed E-state index contributed by atoms with van der Waals surface area (Å²) in [5, 5.41) is 4.45. The lowest BCUT2D eigenvalue weighted by Crippen LogP contribution is -2.40. The Bertz CT molecular complexity index is 414. The van der Waals surface area contributed by atoms with Crippen molar-refractivity contribution >= 4 is 0 Å². The van der Waals surface area contributed by atoms with Gasteiger partial charge in [-0.25, -0.2) is 0 Å². The van der Waals surface area contributed by atoms with Gasteiger partial charge in [0, 0.05) is 6.54 Å². The first-order chi connectivity index (χ1) is 9.37. The van der Waals surface area contributed by atoms with Crippen LogP contribution in [0.3, 0.4) is 0 Å². The number of nitrogens with two attached hydrogens (primary N) is 1. The monoisotopic (exact) mass is 283 g/mol. The van der Waals surface area contributed by atoms with Gasteiger partial charge in [-0.1, -0.05) is 20.8 Å². The molecule has 1 unspecified atom stereocenters. The second-order valence-corrected chi connectivity index (χ2v) is 6.07. The van der Waals surface area contributed by atoms with Crippen LogP contribution in [0.4, 0.5) is 0 Å². The van der Waals surface area contributed by atoms with Gasteiger partial charge in [-0.2, -0.15) is 5.10 Å². The fraction of sp³-hybridized carbons (Fsp3) is 0.786. The molecule has 0 aromatic carbocycles. The Labute approximate surface area is 122 Å². The van der Waals surface area contributed by atoms with Gasteiger partial charge in [0.2, 0.25) is 0 Å². The first-order valence-corrected chi connectivity index (χ1v) is 7.08. The molecule has 0 spiro atoms. The van der Waals surface area contributed by atoms with Crippen molar-refractivity contribution in [2.75, 3.05) is 27.7 Å². The van der Waals surface area contributed by atoms with E-state index in [0.717, 1.165) is 31.0 Å². The highest BCUT2D eigenvalue weighted by atomic mass is 16.5. The SMILES string of the molecule is CCC(C)(C)C(NN)c1c(OC)cnn1CCN(C)C. The van der Waals surface area contributed by atoms with Gasteiger partial charge in [-0.3, -0.25) is 16.0 Å². The summed E-state index contributed by atoms with van der Waals surface area (Å²) in [6, 6.07) is -0.00730. The molecule has 6 nitrogen and oxygen atoms in total. The van der Waals surface area contributed by atoms with Gasteiger partial charge in [-0.15, -0.1) is 0 Å². The fourth-order valence-electron chi connectivity index (χ4n) is 2.18. The van der Waals surface area contributed by atoms with Crippen molar-refractivity contribution in [3.8, 4) is 5.75 Å². The summed E-state index contributed by atoms with van der Waals surface area (Å²) in [5.41, 5.74) is 3.97. The highest BCUT2D eigenvalue weighted by Crippen LogP contribution is 2.39. The van der Waals surface area contributed by atoms with E-state index in [1.54, 1.807) is 13.3 Å². The summed E-state index contributed by atoms with van der Waals surface area (Å²) in [6.45, 7) is 8.28. The molecule has 0 fully saturated rings. The first-order valence-electron chi connectivity index (χ1n) is 7.08. The molecule has 1 atom stereocenters. The molecule has 3 N–H and O–H groups in total. The van der Waals surface area contributed by atoms with E-state index in [2.05, 4.69) is 50.3 Å². The lowest BCUT2D eigenvalue weighted by molar-refractivity contribution is 0.217. The van der Waals surface area contributed by atoms with Crippen LogP contribution in [0.2, 0.25) is 0 Å². The third-order valence-electron chi connectivity index (χ3n) is 3.96. The van der Waals surface area contributed by atoms with Gasteiger partial charge >= 0.3 is 0 Å². The molecule has 0 bridgehead atoms. The molecule has 20 heavy (non-hydrogen) atoms. The van der Waals surface area contributed by atoms with E-state index in [-0.39, 0.29) is 11.5 Å². The number of hydrogen-bond donors (Lipinski definition) is 2. The van der Waals surface area contributed by atoms with Crippen LogP contribution in [0.5, 0.6) is 5.75 Å². The van der Waals surface area contributed by atoms with Gasteiger partial charge in [0.05, 0.1) is 31.6 Å². The number of nitrogens with one attached hydrogen (secondary N) is 1. The van der Waals surface area contributed by atoms with Crippen molar-refractivity contribution in [2.45, 2.75) is 39.8 Å². The van der Waals surface area contributed by atoms with Crippen LogP contribution in [0.15, 0.2) is 6.20 Å². The molecule has 1 rings (SSSR count). The minimum absolute atomic E-state index is 0.00730. The molecule has 0 radical (unpaired) electrons. The minimum Gasteiger partial charge on any atom is -0.493 e. The van der Waals surface area contributed by atoms with E-state index in [1.165, 1.54) is 0 Å². The van der Waals surface area contributed by atoms with E-state index in [0.29, 0.717) is 0 Å². The number of nitrogens with zero attached hydrogens (tertiary/aromatic N) is 3. The van der Waals surface area contributed by atoms with Crippen molar-refractivity contribution in [3.63, 3.8) is 0 Å². The molecule has 0 saturated heterocycles. The summed E-state index contributed by atoms with van der Waals surface area (Å²) < 4.78 is 7.45. The van der Waals surface area contributed by atoms with Gasteiger partial charge < -0.3 is 9.64 Å². The second kappa shape index (κ2) is 7.06. The predicted molar refractivity (Wildman–Crippen MR) is 81.5 cm³/mol. The third-order valence-corrected chi connectivity index (χ3v) is 3.96. The third kappa shape index (κ3) is 3.71. The maximum Gasteiger partial charge on any atom is 0.161 e. The zero-order valence-electron chi connectivity index (χ0n) is 13.6. The summed E-state index contributed by atoms with van der Waals surface area (Å²) in [7, 11) is 5.77. The molecule has 1 aromatic heterocycles. The van der Waals surface area contributed by atoms with Crippen LogP contribution in [0.1, 0.15) is 38.9 Å². The Morgan fingerprint density at radius 3 is 2.60 bits per heavy atom. The van der Waals surface area contributed by atoms with E-state index < -0.39 is 0 Å². The largest absolute Gasteiger partial charge is 0.493 e. The van der Waals surface area contributed by atoms with Crippen molar-refractivity contribution in [1.82, 2.24) is 20.1 Å². The molecule has 0 amide bonds. The number of ether oxygens (including phenoxy) is 1. The lowest BCUT2D eigenvalue weighted by atomic mass is 9.80. The van der Waals surface area contributed by atoms with Crippen LogP contribution in [-0.2, 0) is 6.54 Å². The number of aromatic nitrogens is 2. The van der Waals surface area contributed by atoms with Crippen molar-refractivity contribution in [3.05, 3.63) is 11.9 Å². The molecule has 0 aliphatic carbocycles. The number of hydrazine groups is 1. The predicted octanol–water partition coefficient (Wildman–Crippen LogP) is 1.39. The van der Waals surface area contributed by atoms with Crippen LogP contribution >= 0.6 is 0 Å². The highest BCUT2D eigenvalue weighted by molar-refractivity contribution is 5.29. The molecule has 0 aliphatic rings. The normalized spacial score (nSPS) is 13.8. The van der Waals surface area contributed by atoms with Gasteiger partial charge in [0.1, 0.15) is 0 Å². The Morgan fingerprint density at radius 2 is 2.15 bits per heavy atom. The zero-order valence-corrected chi connectivity index (χ0v) is 13.6. The smallest absolute Gasteiger partial charge is 0.161 e. The lowest BCUT2D eigenvalue weighted by Gasteiger charge is -2.33. The maximum absolute atomic E-state index is 5.82. The summed E-state index contributed by atoms with van der Waals surface area (Å²) in [6.07, 6.45) is 2.77. The highest BCUT2D eigenvalue weighted by Gasteiger charge is 2.33. The van der Waals surface area contributed by atoms with E-state index in [9.17, 15) is 0 Å². The summed E-state index contributed by atoms with van der Waals surface area (Å²) >= 11 is 0. The molecule has 1 heterocycles. The Kier molecular flexibility index (Phi) is 5.98. The summed E-state index contributed by atoms with van der Waals surface area (Å²) in [5.74, 6) is 6.60. The Balaban J connectivity index is 3.14. The standard InChI is InChI=1S/C14H29N5O/c1-7-14(2,3)13(17-15)12-11(20-6)10-16-19(12)9-8-18(4)5/h10,13,17H,7-9,15H2,1-6H3. The van der Waals surface area contributed by atoms with Gasteiger partial charge in [0.15, 0.2) is 5.75 Å². The molecule has 0 aliphatic heterocycles. The summed E-state index contributed by atoms with van der Waals surface area (Å²) in [4.78, 5) is 2.13. The molecule has 6 heteroatoms. The average Bonchev–Trinajstić information content (AvgIpc) is 2.80. The Morgan fingerprint density at radius 1 is 1.50 bits per heavy atom. The minimum atomic E-state index is -0.00730. The quantitative estimate of drug-likeness (QED) is 0.557. The maximum atomic E-state index is 5.82. The van der Waals surface area contributed by atoms with E-state index in [4.69, 9.17) is 10.6 Å².